The highest BCUT2D eigenvalue weighted by Crippen LogP contribution is 2.27. The molecule has 1 aromatic carbocycles. The van der Waals surface area contributed by atoms with E-state index < -0.39 is 0 Å². The van der Waals surface area contributed by atoms with Gasteiger partial charge in [0.25, 0.3) is 5.56 Å². The predicted octanol–water partition coefficient (Wildman–Crippen LogP) is 2.86. The second-order valence-corrected chi connectivity index (χ2v) is 4.72. The molecule has 0 aliphatic carbocycles. The van der Waals surface area contributed by atoms with Gasteiger partial charge in [0.1, 0.15) is 5.82 Å². The molecule has 4 heteroatoms. The van der Waals surface area contributed by atoms with Gasteiger partial charge in [0, 0.05) is 29.1 Å². The van der Waals surface area contributed by atoms with Crippen molar-refractivity contribution < 1.29 is 0 Å². The Hall–Kier alpha value is -2.49. The molecular weight excluding hydrogens is 250 g/mol. The van der Waals surface area contributed by atoms with Crippen LogP contribution in [0.1, 0.15) is 18.3 Å². The van der Waals surface area contributed by atoms with Crippen LogP contribution in [0.5, 0.6) is 0 Å². The molecule has 1 N–H and O–H groups in total. The van der Waals surface area contributed by atoms with Crippen LogP contribution in [-0.4, -0.2) is 15.0 Å². The van der Waals surface area contributed by atoms with Crippen LogP contribution in [0.2, 0.25) is 0 Å². The number of benzene rings is 1. The third kappa shape index (κ3) is 1.99. The molecule has 100 valence electrons. The Morgan fingerprint density at radius 1 is 1.20 bits per heavy atom. The number of nitrogens with one attached hydrogen (secondary N) is 1. The van der Waals surface area contributed by atoms with E-state index in [2.05, 4.69) is 15.0 Å². The average Bonchev–Trinajstić information content (AvgIpc) is 2.49. The Morgan fingerprint density at radius 3 is 2.85 bits per heavy atom. The van der Waals surface area contributed by atoms with Crippen molar-refractivity contribution in [3.8, 4) is 11.3 Å². The van der Waals surface area contributed by atoms with Crippen molar-refractivity contribution in [2.24, 2.45) is 0 Å². The summed E-state index contributed by atoms with van der Waals surface area (Å²) in [6.07, 6.45) is 2.47. The molecule has 0 radical (unpaired) electrons. The summed E-state index contributed by atoms with van der Waals surface area (Å²) >= 11 is 0. The molecule has 0 bridgehead atoms. The molecule has 20 heavy (non-hydrogen) atoms. The lowest BCUT2D eigenvalue weighted by atomic mass is 10.0. The van der Waals surface area contributed by atoms with E-state index in [1.54, 1.807) is 13.1 Å². The number of pyridine rings is 1. The SMILES string of the molecule is CCc1nc(-c2cccc3ncccc23)c(C)c(=O)[nH]1. The summed E-state index contributed by atoms with van der Waals surface area (Å²) in [5, 5.41) is 1.01. The highest BCUT2D eigenvalue weighted by atomic mass is 16.1. The molecule has 2 aromatic heterocycles. The Bertz CT molecular complexity index is 831. The Balaban J connectivity index is 2.36. The van der Waals surface area contributed by atoms with Gasteiger partial charge in [-0.05, 0) is 19.1 Å². The molecule has 0 amide bonds. The standard InChI is InChI=1S/C16H15N3O/c1-3-14-18-15(10(2)16(20)19-14)12-6-4-8-13-11(12)7-5-9-17-13/h4-9H,3H2,1-2H3,(H,18,19,20). The quantitative estimate of drug-likeness (QED) is 0.775. The summed E-state index contributed by atoms with van der Waals surface area (Å²) in [6.45, 7) is 3.78. The van der Waals surface area contributed by atoms with Crippen molar-refractivity contribution in [3.63, 3.8) is 0 Å². The van der Waals surface area contributed by atoms with Crippen LogP contribution in [0.3, 0.4) is 0 Å². The fraction of sp³-hybridized carbons (Fsp3) is 0.188. The van der Waals surface area contributed by atoms with Crippen LogP contribution in [0, 0.1) is 6.92 Å². The molecule has 0 saturated heterocycles. The monoisotopic (exact) mass is 265 g/mol. The predicted molar refractivity (Wildman–Crippen MR) is 79.7 cm³/mol. The van der Waals surface area contributed by atoms with E-state index in [0.29, 0.717) is 17.8 Å². The Kier molecular flexibility index (Phi) is 3.06. The van der Waals surface area contributed by atoms with Crippen LogP contribution in [0.15, 0.2) is 41.3 Å². The smallest absolute Gasteiger partial charge is 0.254 e. The minimum absolute atomic E-state index is 0.0762. The van der Waals surface area contributed by atoms with Gasteiger partial charge in [0.15, 0.2) is 0 Å². The van der Waals surface area contributed by atoms with Crippen molar-refractivity contribution in [1.29, 1.82) is 0 Å². The minimum Gasteiger partial charge on any atom is -0.310 e. The Labute approximate surface area is 116 Å². The van der Waals surface area contributed by atoms with Crippen molar-refractivity contribution in [2.45, 2.75) is 20.3 Å². The third-order valence-electron chi connectivity index (χ3n) is 3.44. The highest BCUT2D eigenvalue weighted by Gasteiger charge is 2.12. The topological polar surface area (TPSA) is 58.6 Å². The second kappa shape index (κ2) is 4.89. The summed E-state index contributed by atoms with van der Waals surface area (Å²) in [7, 11) is 0. The first-order chi connectivity index (χ1) is 9.70. The first kappa shape index (κ1) is 12.5. The third-order valence-corrected chi connectivity index (χ3v) is 3.44. The molecule has 3 aromatic rings. The molecule has 0 saturated carbocycles. The molecule has 0 atom stereocenters. The summed E-state index contributed by atoms with van der Waals surface area (Å²) in [6, 6.07) is 9.79. The normalized spacial score (nSPS) is 10.9. The number of hydrogen-bond acceptors (Lipinski definition) is 3. The molecule has 3 rings (SSSR count). The minimum atomic E-state index is -0.0762. The lowest BCUT2D eigenvalue weighted by Gasteiger charge is -2.09. The summed E-state index contributed by atoms with van der Waals surface area (Å²) in [5.74, 6) is 0.705. The van der Waals surface area contributed by atoms with Gasteiger partial charge in [-0.1, -0.05) is 25.1 Å². The maximum Gasteiger partial charge on any atom is 0.254 e. The highest BCUT2D eigenvalue weighted by molar-refractivity contribution is 5.94. The zero-order chi connectivity index (χ0) is 14.1. The lowest BCUT2D eigenvalue weighted by molar-refractivity contribution is 0.912. The van der Waals surface area contributed by atoms with Crippen molar-refractivity contribution in [1.82, 2.24) is 15.0 Å². The number of nitrogens with zero attached hydrogens (tertiary/aromatic N) is 2. The van der Waals surface area contributed by atoms with Gasteiger partial charge in [0.05, 0.1) is 11.2 Å². The maximum atomic E-state index is 12.0. The van der Waals surface area contributed by atoms with Gasteiger partial charge >= 0.3 is 0 Å². The van der Waals surface area contributed by atoms with Gasteiger partial charge in [-0.3, -0.25) is 9.78 Å². The van der Waals surface area contributed by atoms with Crippen LogP contribution in [0.4, 0.5) is 0 Å². The van der Waals surface area contributed by atoms with E-state index in [0.717, 1.165) is 22.2 Å². The van der Waals surface area contributed by atoms with Crippen LogP contribution in [-0.2, 0) is 6.42 Å². The fourth-order valence-electron chi connectivity index (χ4n) is 2.32. The van der Waals surface area contributed by atoms with Crippen molar-refractivity contribution in [2.75, 3.05) is 0 Å². The van der Waals surface area contributed by atoms with Gasteiger partial charge in [0.2, 0.25) is 0 Å². The van der Waals surface area contributed by atoms with Crippen molar-refractivity contribution >= 4 is 10.9 Å². The van der Waals surface area contributed by atoms with Gasteiger partial charge in [-0.25, -0.2) is 4.98 Å². The zero-order valence-electron chi connectivity index (χ0n) is 11.5. The average molecular weight is 265 g/mol. The van der Waals surface area contributed by atoms with E-state index >= 15 is 0 Å². The lowest BCUT2D eigenvalue weighted by Crippen LogP contribution is -2.15. The van der Waals surface area contributed by atoms with E-state index in [1.807, 2.05) is 37.3 Å². The number of aromatic nitrogens is 3. The molecule has 0 aliphatic rings. The van der Waals surface area contributed by atoms with Gasteiger partial charge in [-0.15, -0.1) is 0 Å². The van der Waals surface area contributed by atoms with Crippen molar-refractivity contribution in [3.05, 3.63) is 58.3 Å². The summed E-state index contributed by atoms with van der Waals surface area (Å²) < 4.78 is 0. The fourth-order valence-corrected chi connectivity index (χ4v) is 2.32. The number of fused-ring (bicyclic) bond motifs is 1. The molecule has 2 heterocycles. The largest absolute Gasteiger partial charge is 0.310 e. The first-order valence-corrected chi connectivity index (χ1v) is 6.64. The van der Waals surface area contributed by atoms with E-state index in [4.69, 9.17) is 0 Å². The Morgan fingerprint density at radius 2 is 2.05 bits per heavy atom. The maximum absolute atomic E-state index is 12.0. The first-order valence-electron chi connectivity index (χ1n) is 6.64. The molecule has 0 spiro atoms. The van der Waals surface area contributed by atoms with E-state index in [-0.39, 0.29) is 5.56 Å². The zero-order valence-corrected chi connectivity index (χ0v) is 11.5. The number of aromatic amines is 1. The summed E-state index contributed by atoms with van der Waals surface area (Å²) in [4.78, 5) is 23.8. The molecule has 0 fully saturated rings. The number of rotatable bonds is 2. The van der Waals surface area contributed by atoms with Crippen LogP contribution in [0.25, 0.3) is 22.2 Å². The number of hydrogen-bond donors (Lipinski definition) is 1. The van der Waals surface area contributed by atoms with Crippen LogP contribution >= 0.6 is 0 Å². The number of H-pyrrole nitrogens is 1. The van der Waals surface area contributed by atoms with E-state index in [1.165, 1.54) is 0 Å². The van der Waals surface area contributed by atoms with Gasteiger partial charge < -0.3 is 4.98 Å². The molecule has 4 nitrogen and oxygen atoms in total. The van der Waals surface area contributed by atoms with E-state index in [9.17, 15) is 4.79 Å². The molecule has 0 unspecified atom stereocenters. The second-order valence-electron chi connectivity index (χ2n) is 4.72. The molecular formula is C16H15N3O. The summed E-state index contributed by atoms with van der Waals surface area (Å²) in [5.41, 5.74) is 3.16. The number of aryl methyl sites for hydroxylation is 1. The van der Waals surface area contributed by atoms with Crippen LogP contribution < -0.4 is 5.56 Å². The molecule has 0 aliphatic heterocycles. The van der Waals surface area contributed by atoms with Gasteiger partial charge in [-0.2, -0.15) is 0 Å².